The van der Waals surface area contributed by atoms with E-state index in [1.54, 1.807) is 42.6 Å². The van der Waals surface area contributed by atoms with Gasteiger partial charge in [-0.15, -0.1) is 10.2 Å². The van der Waals surface area contributed by atoms with Crippen molar-refractivity contribution in [2.24, 2.45) is 10.2 Å². The van der Waals surface area contributed by atoms with Gasteiger partial charge in [0, 0.05) is 6.20 Å². The van der Waals surface area contributed by atoms with Crippen LogP contribution < -0.4 is 0 Å². The maximum absolute atomic E-state index is 9.41. The number of hydrogen-bond donors (Lipinski definition) is 1. The topological polar surface area (TPSA) is 57.8 Å². The summed E-state index contributed by atoms with van der Waals surface area (Å²) in [6.45, 7) is 0. The van der Waals surface area contributed by atoms with Gasteiger partial charge in [0.15, 0.2) is 5.82 Å². The lowest BCUT2D eigenvalue weighted by molar-refractivity contribution is 0.476. The Morgan fingerprint density at radius 2 is 1.73 bits per heavy atom. The van der Waals surface area contributed by atoms with Crippen LogP contribution in [0.25, 0.3) is 0 Å². The molecular weight excluding hydrogens is 190 g/mol. The first-order valence-electron chi connectivity index (χ1n) is 4.47. The molecule has 1 heterocycles. The summed E-state index contributed by atoms with van der Waals surface area (Å²) in [6, 6.07) is 12.1. The molecule has 0 aliphatic carbocycles. The van der Waals surface area contributed by atoms with Gasteiger partial charge in [-0.1, -0.05) is 18.2 Å². The molecule has 0 radical (unpaired) electrons. The van der Waals surface area contributed by atoms with Gasteiger partial charge in [-0.25, -0.2) is 4.98 Å². The van der Waals surface area contributed by atoms with E-state index in [0.29, 0.717) is 11.5 Å². The number of nitrogens with zero attached hydrogens (tertiary/aromatic N) is 3. The van der Waals surface area contributed by atoms with Crippen LogP contribution in [0.5, 0.6) is 5.75 Å². The van der Waals surface area contributed by atoms with E-state index in [0.717, 1.165) is 0 Å². The van der Waals surface area contributed by atoms with Crippen molar-refractivity contribution >= 4 is 11.5 Å². The third-order valence-electron chi connectivity index (χ3n) is 1.79. The largest absolute Gasteiger partial charge is 0.506 e. The zero-order chi connectivity index (χ0) is 10.5. The normalized spacial score (nSPS) is 10.7. The molecule has 0 aliphatic rings. The van der Waals surface area contributed by atoms with Crippen LogP contribution in [0, 0.1) is 0 Å². The van der Waals surface area contributed by atoms with E-state index in [-0.39, 0.29) is 5.75 Å². The van der Waals surface area contributed by atoms with Gasteiger partial charge in [0.05, 0.1) is 0 Å². The molecule has 2 rings (SSSR count). The minimum absolute atomic E-state index is 0.109. The lowest BCUT2D eigenvalue weighted by atomic mass is 10.3. The minimum Gasteiger partial charge on any atom is -0.506 e. The highest BCUT2D eigenvalue weighted by molar-refractivity contribution is 5.49. The average molecular weight is 199 g/mol. The molecule has 0 atom stereocenters. The summed E-state index contributed by atoms with van der Waals surface area (Å²) >= 11 is 0. The van der Waals surface area contributed by atoms with Crippen LogP contribution >= 0.6 is 0 Å². The summed E-state index contributed by atoms with van der Waals surface area (Å²) < 4.78 is 0. The Labute approximate surface area is 86.9 Å². The van der Waals surface area contributed by atoms with Gasteiger partial charge in [-0.2, -0.15) is 0 Å². The van der Waals surface area contributed by atoms with Crippen LogP contribution in [0.1, 0.15) is 0 Å². The zero-order valence-corrected chi connectivity index (χ0v) is 7.91. The maximum Gasteiger partial charge on any atom is 0.174 e. The number of phenols is 1. The fraction of sp³-hybridized carbons (Fsp3) is 0. The Morgan fingerprint density at radius 1 is 0.933 bits per heavy atom. The number of rotatable bonds is 2. The predicted octanol–water partition coefficient (Wildman–Crippen LogP) is 3.20. The van der Waals surface area contributed by atoms with Crippen molar-refractivity contribution in [3.05, 3.63) is 48.7 Å². The van der Waals surface area contributed by atoms with Crippen molar-refractivity contribution in [1.29, 1.82) is 0 Å². The van der Waals surface area contributed by atoms with Gasteiger partial charge >= 0.3 is 0 Å². The summed E-state index contributed by atoms with van der Waals surface area (Å²) in [7, 11) is 0. The highest BCUT2D eigenvalue weighted by atomic mass is 16.3. The second-order valence-corrected chi connectivity index (χ2v) is 2.88. The van der Waals surface area contributed by atoms with Crippen molar-refractivity contribution < 1.29 is 5.11 Å². The van der Waals surface area contributed by atoms with Crippen LogP contribution in [-0.2, 0) is 0 Å². The Morgan fingerprint density at radius 3 is 2.47 bits per heavy atom. The first-order valence-corrected chi connectivity index (χ1v) is 4.47. The first kappa shape index (κ1) is 9.33. The second-order valence-electron chi connectivity index (χ2n) is 2.88. The van der Waals surface area contributed by atoms with Crippen molar-refractivity contribution in [1.82, 2.24) is 4.98 Å². The summed E-state index contributed by atoms with van der Waals surface area (Å²) in [5.74, 6) is 0.623. The Balaban J connectivity index is 2.23. The number of phenolic OH excluding ortho intramolecular Hbond substituents is 1. The molecule has 0 amide bonds. The molecule has 4 heteroatoms. The van der Waals surface area contributed by atoms with Gasteiger partial charge < -0.3 is 5.11 Å². The van der Waals surface area contributed by atoms with E-state index in [1.165, 1.54) is 0 Å². The molecule has 0 spiro atoms. The SMILES string of the molecule is Oc1ccccc1/N=N/c1ccccn1. The maximum atomic E-state index is 9.41. The van der Waals surface area contributed by atoms with Gasteiger partial charge in [-0.3, -0.25) is 0 Å². The number of azo groups is 1. The average Bonchev–Trinajstić information content (AvgIpc) is 2.29. The fourth-order valence-corrected chi connectivity index (χ4v) is 1.07. The van der Waals surface area contributed by atoms with Gasteiger partial charge in [0.25, 0.3) is 0 Å². The number of aromatic nitrogens is 1. The van der Waals surface area contributed by atoms with Crippen molar-refractivity contribution in [2.45, 2.75) is 0 Å². The molecule has 0 saturated heterocycles. The third-order valence-corrected chi connectivity index (χ3v) is 1.79. The molecule has 0 saturated carbocycles. The van der Waals surface area contributed by atoms with E-state index in [4.69, 9.17) is 0 Å². The second kappa shape index (κ2) is 4.32. The minimum atomic E-state index is 0.109. The summed E-state index contributed by atoms with van der Waals surface area (Å²) in [4.78, 5) is 3.98. The Bertz CT molecular complexity index is 468. The molecule has 2 aromatic rings. The van der Waals surface area contributed by atoms with E-state index in [2.05, 4.69) is 15.2 Å². The monoisotopic (exact) mass is 199 g/mol. The van der Waals surface area contributed by atoms with Crippen molar-refractivity contribution in [2.75, 3.05) is 0 Å². The molecule has 74 valence electrons. The zero-order valence-electron chi connectivity index (χ0n) is 7.91. The number of para-hydroxylation sites is 1. The van der Waals surface area contributed by atoms with Crippen LogP contribution in [0.4, 0.5) is 11.5 Å². The smallest absolute Gasteiger partial charge is 0.174 e. The first-order chi connectivity index (χ1) is 7.36. The third kappa shape index (κ3) is 2.37. The van der Waals surface area contributed by atoms with E-state index in [1.807, 2.05) is 6.07 Å². The molecular formula is C11H9N3O. The Hall–Kier alpha value is -2.23. The highest BCUT2D eigenvalue weighted by Crippen LogP contribution is 2.26. The molecule has 0 fully saturated rings. The number of pyridine rings is 1. The number of benzene rings is 1. The molecule has 1 aromatic heterocycles. The molecule has 1 aromatic carbocycles. The molecule has 0 aliphatic heterocycles. The molecule has 1 N–H and O–H groups in total. The summed E-state index contributed by atoms with van der Waals surface area (Å²) in [5, 5.41) is 17.2. The standard InChI is InChI=1S/C11H9N3O/c15-10-6-2-1-5-9(10)13-14-11-7-3-4-8-12-11/h1-8,15H/b14-13+. The van der Waals surface area contributed by atoms with E-state index >= 15 is 0 Å². The Kier molecular flexibility index (Phi) is 2.69. The van der Waals surface area contributed by atoms with Crippen LogP contribution in [-0.4, -0.2) is 10.1 Å². The summed E-state index contributed by atoms with van der Waals surface area (Å²) in [6.07, 6.45) is 1.64. The van der Waals surface area contributed by atoms with Gasteiger partial charge in [0.2, 0.25) is 0 Å². The quantitative estimate of drug-likeness (QED) is 0.755. The molecule has 0 unspecified atom stereocenters. The van der Waals surface area contributed by atoms with Gasteiger partial charge in [-0.05, 0) is 24.3 Å². The fourth-order valence-electron chi connectivity index (χ4n) is 1.07. The van der Waals surface area contributed by atoms with Crippen molar-refractivity contribution in [3.8, 4) is 5.75 Å². The summed E-state index contributed by atoms with van der Waals surface area (Å²) in [5.41, 5.74) is 0.433. The van der Waals surface area contributed by atoms with E-state index in [9.17, 15) is 5.11 Å². The molecule has 15 heavy (non-hydrogen) atoms. The number of aromatic hydroxyl groups is 1. The predicted molar refractivity (Wildman–Crippen MR) is 56.5 cm³/mol. The highest BCUT2D eigenvalue weighted by Gasteiger charge is 1.96. The lowest BCUT2D eigenvalue weighted by Crippen LogP contribution is -1.69. The van der Waals surface area contributed by atoms with Gasteiger partial charge in [0.1, 0.15) is 11.4 Å². The van der Waals surface area contributed by atoms with E-state index < -0.39 is 0 Å². The molecule has 4 nitrogen and oxygen atoms in total. The number of hydrogen-bond acceptors (Lipinski definition) is 4. The lowest BCUT2D eigenvalue weighted by Gasteiger charge is -1.95. The molecule has 0 bridgehead atoms. The van der Waals surface area contributed by atoms with Crippen LogP contribution in [0.3, 0.4) is 0 Å². The van der Waals surface area contributed by atoms with Crippen LogP contribution in [0.15, 0.2) is 58.9 Å². The van der Waals surface area contributed by atoms with Crippen molar-refractivity contribution in [3.63, 3.8) is 0 Å². The van der Waals surface area contributed by atoms with Crippen LogP contribution in [0.2, 0.25) is 0 Å².